The summed E-state index contributed by atoms with van der Waals surface area (Å²) in [6.07, 6.45) is 2.04. The SMILES string of the molecule is O=C(O)[C@@H]1Cc2nc[nH]c2CN1Cc1ccc2c(c1)OCCO2. The first-order valence-electron chi connectivity index (χ1n) is 7.57. The van der Waals surface area contributed by atoms with E-state index in [1.807, 2.05) is 23.1 Å². The standard InChI is InChI=1S/C16H17N3O4/c20-16(21)13-6-11-12(18-9-17-11)8-19(13)7-10-1-2-14-15(5-10)23-4-3-22-14/h1-2,5,9,13H,3-4,6-8H2,(H,17,18)(H,20,21)/t13-/m0/s1. The topological polar surface area (TPSA) is 87.7 Å². The molecule has 0 bridgehead atoms. The molecule has 0 radical (unpaired) electrons. The molecule has 0 spiro atoms. The van der Waals surface area contributed by atoms with Gasteiger partial charge in [0, 0.05) is 19.5 Å². The summed E-state index contributed by atoms with van der Waals surface area (Å²) in [7, 11) is 0. The molecule has 0 unspecified atom stereocenters. The highest BCUT2D eigenvalue weighted by molar-refractivity contribution is 5.74. The number of ether oxygens (including phenoxy) is 2. The number of carboxylic acid groups (broad SMARTS) is 1. The van der Waals surface area contributed by atoms with Crippen LogP contribution in [0.15, 0.2) is 24.5 Å². The normalized spacial score (nSPS) is 20.1. The Kier molecular flexibility index (Phi) is 3.42. The molecule has 7 heteroatoms. The Bertz CT molecular complexity index is 743. The number of aromatic nitrogens is 2. The second kappa shape index (κ2) is 5.58. The Morgan fingerprint density at radius 3 is 3.00 bits per heavy atom. The van der Waals surface area contributed by atoms with E-state index in [1.165, 1.54) is 0 Å². The van der Waals surface area contributed by atoms with Gasteiger partial charge < -0.3 is 19.6 Å². The van der Waals surface area contributed by atoms with Crippen molar-refractivity contribution in [2.24, 2.45) is 0 Å². The predicted molar refractivity (Wildman–Crippen MR) is 80.4 cm³/mol. The van der Waals surface area contributed by atoms with E-state index in [0.717, 1.165) is 28.5 Å². The fourth-order valence-corrected chi connectivity index (χ4v) is 3.12. The average Bonchev–Trinajstić information content (AvgIpc) is 3.01. The molecule has 4 rings (SSSR count). The molecule has 23 heavy (non-hydrogen) atoms. The molecule has 1 aromatic heterocycles. The van der Waals surface area contributed by atoms with E-state index < -0.39 is 12.0 Å². The van der Waals surface area contributed by atoms with Gasteiger partial charge in [0.25, 0.3) is 0 Å². The zero-order valence-corrected chi connectivity index (χ0v) is 12.5. The fourth-order valence-electron chi connectivity index (χ4n) is 3.12. The summed E-state index contributed by atoms with van der Waals surface area (Å²) in [5.74, 6) is 0.639. The maximum atomic E-state index is 11.6. The van der Waals surface area contributed by atoms with Gasteiger partial charge in [0.2, 0.25) is 0 Å². The number of imidazole rings is 1. The Balaban J connectivity index is 1.58. The molecule has 1 atom stereocenters. The Morgan fingerprint density at radius 2 is 2.17 bits per heavy atom. The molecule has 0 aliphatic carbocycles. The van der Waals surface area contributed by atoms with Crippen LogP contribution in [0.4, 0.5) is 0 Å². The molecule has 2 aliphatic heterocycles. The van der Waals surface area contributed by atoms with Crippen molar-refractivity contribution in [3.63, 3.8) is 0 Å². The van der Waals surface area contributed by atoms with Crippen LogP contribution in [0.5, 0.6) is 11.5 Å². The summed E-state index contributed by atoms with van der Waals surface area (Å²) in [5, 5.41) is 9.52. The summed E-state index contributed by atoms with van der Waals surface area (Å²) in [5.41, 5.74) is 2.83. The summed E-state index contributed by atoms with van der Waals surface area (Å²) in [6.45, 7) is 2.17. The monoisotopic (exact) mass is 315 g/mol. The van der Waals surface area contributed by atoms with Crippen molar-refractivity contribution < 1.29 is 19.4 Å². The van der Waals surface area contributed by atoms with Crippen LogP contribution in [0, 0.1) is 0 Å². The number of hydrogen-bond acceptors (Lipinski definition) is 5. The molecule has 3 heterocycles. The van der Waals surface area contributed by atoms with Crippen molar-refractivity contribution in [1.29, 1.82) is 0 Å². The van der Waals surface area contributed by atoms with E-state index in [4.69, 9.17) is 9.47 Å². The first-order valence-corrected chi connectivity index (χ1v) is 7.57. The lowest BCUT2D eigenvalue weighted by Gasteiger charge is -2.32. The second-order valence-corrected chi connectivity index (χ2v) is 5.77. The van der Waals surface area contributed by atoms with Crippen LogP contribution in [0.3, 0.4) is 0 Å². The number of hydrogen-bond donors (Lipinski definition) is 2. The maximum absolute atomic E-state index is 11.6. The van der Waals surface area contributed by atoms with Crippen molar-refractivity contribution in [1.82, 2.24) is 14.9 Å². The molecule has 2 aromatic rings. The summed E-state index contributed by atoms with van der Waals surface area (Å²) >= 11 is 0. The number of fused-ring (bicyclic) bond motifs is 2. The average molecular weight is 315 g/mol. The van der Waals surface area contributed by atoms with Gasteiger partial charge in [-0.05, 0) is 17.7 Å². The summed E-state index contributed by atoms with van der Waals surface area (Å²) in [6, 6.07) is 5.19. The molecular formula is C16H17N3O4. The third-order valence-electron chi connectivity index (χ3n) is 4.27. The molecule has 0 fully saturated rings. The minimum Gasteiger partial charge on any atom is -0.486 e. The third kappa shape index (κ3) is 2.63. The lowest BCUT2D eigenvalue weighted by atomic mass is 10.0. The number of aromatic amines is 1. The van der Waals surface area contributed by atoms with Crippen molar-refractivity contribution in [3.05, 3.63) is 41.5 Å². The van der Waals surface area contributed by atoms with Crippen LogP contribution >= 0.6 is 0 Å². The minimum atomic E-state index is -0.823. The highest BCUT2D eigenvalue weighted by Gasteiger charge is 2.33. The van der Waals surface area contributed by atoms with E-state index in [1.54, 1.807) is 6.33 Å². The Hall–Kier alpha value is -2.54. The lowest BCUT2D eigenvalue weighted by Crippen LogP contribution is -2.45. The van der Waals surface area contributed by atoms with Crippen LogP contribution in [0.25, 0.3) is 0 Å². The van der Waals surface area contributed by atoms with Crippen LogP contribution in [-0.4, -0.2) is 45.2 Å². The van der Waals surface area contributed by atoms with Gasteiger partial charge in [-0.25, -0.2) is 4.98 Å². The van der Waals surface area contributed by atoms with Crippen LogP contribution in [-0.2, 0) is 24.3 Å². The van der Waals surface area contributed by atoms with Gasteiger partial charge in [0.05, 0.1) is 17.7 Å². The van der Waals surface area contributed by atoms with Gasteiger partial charge in [-0.15, -0.1) is 0 Å². The highest BCUT2D eigenvalue weighted by atomic mass is 16.6. The lowest BCUT2D eigenvalue weighted by molar-refractivity contribution is -0.144. The maximum Gasteiger partial charge on any atom is 0.321 e. The zero-order chi connectivity index (χ0) is 15.8. The molecule has 1 aromatic carbocycles. The number of benzene rings is 1. The number of carbonyl (C=O) groups is 1. The van der Waals surface area contributed by atoms with Crippen molar-refractivity contribution >= 4 is 5.97 Å². The van der Waals surface area contributed by atoms with Crippen molar-refractivity contribution in [3.8, 4) is 11.5 Å². The van der Waals surface area contributed by atoms with Gasteiger partial charge in [0.1, 0.15) is 19.3 Å². The van der Waals surface area contributed by atoms with E-state index in [2.05, 4.69) is 9.97 Å². The van der Waals surface area contributed by atoms with E-state index >= 15 is 0 Å². The number of nitrogens with zero attached hydrogens (tertiary/aromatic N) is 2. The number of H-pyrrole nitrogens is 1. The number of rotatable bonds is 3. The largest absolute Gasteiger partial charge is 0.486 e. The molecule has 120 valence electrons. The summed E-state index contributed by atoms with van der Waals surface area (Å²) in [4.78, 5) is 20.8. The number of nitrogens with one attached hydrogen (secondary N) is 1. The summed E-state index contributed by atoms with van der Waals surface area (Å²) < 4.78 is 11.1. The first kappa shape index (κ1) is 14.1. The Labute approximate surface area is 132 Å². The third-order valence-corrected chi connectivity index (χ3v) is 4.27. The quantitative estimate of drug-likeness (QED) is 0.885. The van der Waals surface area contributed by atoms with Gasteiger partial charge in [-0.3, -0.25) is 9.69 Å². The van der Waals surface area contributed by atoms with Gasteiger partial charge in [0.15, 0.2) is 11.5 Å². The van der Waals surface area contributed by atoms with Crippen molar-refractivity contribution in [2.75, 3.05) is 13.2 Å². The van der Waals surface area contributed by atoms with Gasteiger partial charge in [-0.1, -0.05) is 6.07 Å². The smallest absolute Gasteiger partial charge is 0.321 e. The number of carboxylic acids is 1. The van der Waals surface area contributed by atoms with Crippen LogP contribution < -0.4 is 9.47 Å². The minimum absolute atomic E-state index is 0.415. The van der Waals surface area contributed by atoms with Gasteiger partial charge >= 0.3 is 5.97 Å². The second-order valence-electron chi connectivity index (χ2n) is 5.77. The molecule has 0 saturated carbocycles. The van der Waals surface area contributed by atoms with Crippen LogP contribution in [0.1, 0.15) is 17.0 Å². The fraction of sp³-hybridized carbons (Fsp3) is 0.375. The molecule has 2 aliphatic rings. The molecule has 0 amide bonds. The predicted octanol–water partition coefficient (Wildman–Crippen LogP) is 1.19. The van der Waals surface area contributed by atoms with E-state index in [-0.39, 0.29) is 0 Å². The van der Waals surface area contributed by atoms with E-state index in [0.29, 0.717) is 32.7 Å². The molecule has 0 saturated heterocycles. The molecular weight excluding hydrogens is 298 g/mol. The number of aliphatic carboxylic acids is 1. The first-order chi connectivity index (χ1) is 11.2. The van der Waals surface area contributed by atoms with Crippen molar-refractivity contribution in [2.45, 2.75) is 25.6 Å². The Morgan fingerprint density at radius 1 is 1.35 bits per heavy atom. The molecule has 7 nitrogen and oxygen atoms in total. The highest BCUT2D eigenvalue weighted by Crippen LogP contribution is 2.32. The van der Waals surface area contributed by atoms with Crippen LogP contribution in [0.2, 0.25) is 0 Å². The molecule has 2 N–H and O–H groups in total. The van der Waals surface area contributed by atoms with Gasteiger partial charge in [-0.2, -0.15) is 0 Å². The van der Waals surface area contributed by atoms with E-state index in [9.17, 15) is 9.90 Å². The zero-order valence-electron chi connectivity index (χ0n) is 12.5.